The molecule has 0 radical (unpaired) electrons. The third kappa shape index (κ3) is 3.97. The van der Waals surface area contributed by atoms with Crippen molar-refractivity contribution in [2.75, 3.05) is 26.2 Å². The van der Waals surface area contributed by atoms with Gasteiger partial charge >= 0.3 is 0 Å². The van der Waals surface area contributed by atoms with Gasteiger partial charge in [-0.3, -0.25) is 10.1 Å². The van der Waals surface area contributed by atoms with Gasteiger partial charge in [-0.2, -0.15) is 0 Å². The summed E-state index contributed by atoms with van der Waals surface area (Å²) in [6, 6.07) is -0.0734. The summed E-state index contributed by atoms with van der Waals surface area (Å²) >= 11 is 5.48. The van der Waals surface area contributed by atoms with Gasteiger partial charge in [0, 0.05) is 39.0 Å². The monoisotopic (exact) mass is 340 g/mol. The summed E-state index contributed by atoms with van der Waals surface area (Å²) in [7, 11) is 0. The lowest BCUT2D eigenvalue weighted by molar-refractivity contribution is -0.133. The van der Waals surface area contributed by atoms with Crippen LogP contribution in [0.4, 0.5) is 0 Å². The number of carbonyl (C=O) groups is 1. The molecule has 23 heavy (non-hydrogen) atoms. The minimum atomic E-state index is -0.170. The average Bonchev–Trinajstić information content (AvgIpc) is 2.77. The minimum absolute atomic E-state index is 0.0734. The second-order valence-corrected chi connectivity index (χ2v) is 7.47. The second-order valence-electron chi connectivity index (χ2n) is 7.08. The largest absolute Gasteiger partial charge is 0.363 e. The summed E-state index contributed by atoms with van der Waals surface area (Å²) in [4.78, 5) is 17.0. The first-order chi connectivity index (χ1) is 10.9. The fraction of sp³-hybridized carbons (Fsp3) is 0.882. The molecule has 1 spiro atoms. The highest BCUT2D eigenvalue weighted by Crippen LogP contribution is 2.33. The lowest BCUT2D eigenvalue weighted by Crippen LogP contribution is -2.60. The normalized spacial score (nSPS) is 25.0. The van der Waals surface area contributed by atoms with E-state index in [1.54, 1.807) is 0 Å². The standard InChI is InChI=1S/C17H32N4OS/c1-5-9-18-16(23)20-10-7-17(8-11-20)19-14(4)15(22)21(17)12-13(3)6-2/h13-14,19H,5-12H2,1-4H3,(H,18,23). The first-order valence-electron chi connectivity index (χ1n) is 9.05. The number of amides is 1. The van der Waals surface area contributed by atoms with Crippen LogP contribution in [0.1, 0.15) is 53.4 Å². The Bertz CT molecular complexity index is 434. The second kappa shape index (κ2) is 7.79. The summed E-state index contributed by atoms with van der Waals surface area (Å²) in [5.41, 5.74) is -0.170. The van der Waals surface area contributed by atoms with E-state index in [1.165, 1.54) is 0 Å². The molecule has 0 aromatic carbocycles. The number of piperidine rings is 1. The number of hydrogen-bond acceptors (Lipinski definition) is 3. The van der Waals surface area contributed by atoms with Crippen molar-refractivity contribution < 1.29 is 4.79 Å². The smallest absolute Gasteiger partial charge is 0.240 e. The lowest BCUT2D eigenvalue weighted by Gasteiger charge is -2.46. The molecule has 2 saturated heterocycles. The average molecular weight is 341 g/mol. The summed E-state index contributed by atoms with van der Waals surface area (Å²) in [6.45, 7) is 12.1. The quantitative estimate of drug-likeness (QED) is 0.749. The molecule has 0 aliphatic carbocycles. The topological polar surface area (TPSA) is 47.6 Å². The molecule has 1 amide bonds. The van der Waals surface area contributed by atoms with Crippen molar-refractivity contribution in [1.82, 2.24) is 20.4 Å². The number of rotatable bonds is 5. The highest BCUT2D eigenvalue weighted by Gasteiger charge is 2.50. The summed E-state index contributed by atoms with van der Waals surface area (Å²) < 4.78 is 0. The van der Waals surface area contributed by atoms with E-state index in [4.69, 9.17) is 12.2 Å². The predicted molar refractivity (Wildman–Crippen MR) is 98.2 cm³/mol. The Hall–Kier alpha value is -0.880. The molecule has 2 unspecified atom stereocenters. The maximum atomic E-state index is 12.6. The van der Waals surface area contributed by atoms with Gasteiger partial charge in [0.1, 0.15) is 0 Å². The summed E-state index contributed by atoms with van der Waals surface area (Å²) in [5.74, 6) is 0.790. The fourth-order valence-corrected chi connectivity index (χ4v) is 3.82. The van der Waals surface area contributed by atoms with Crippen LogP contribution in [0.15, 0.2) is 0 Å². The predicted octanol–water partition coefficient (Wildman–Crippen LogP) is 1.93. The molecule has 0 bridgehead atoms. The molecule has 0 aromatic rings. The Morgan fingerprint density at radius 3 is 2.65 bits per heavy atom. The Labute approximate surface area is 146 Å². The molecule has 5 nitrogen and oxygen atoms in total. The molecule has 132 valence electrons. The summed E-state index contributed by atoms with van der Waals surface area (Å²) in [6.07, 6.45) is 4.06. The molecule has 6 heteroatoms. The van der Waals surface area contributed by atoms with E-state index in [0.717, 1.165) is 57.0 Å². The number of likely N-dealkylation sites (tertiary alicyclic amines) is 1. The number of nitrogens with zero attached hydrogens (tertiary/aromatic N) is 2. The third-order valence-electron chi connectivity index (χ3n) is 5.23. The Kier molecular flexibility index (Phi) is 6.26. The van der Waals surface area contributed by atoms with Gasteiger partial charge in [-0.1, -0.05) is 27.2 Å². The van der Waals surface area contributed by atoms with Crippen LogP contribution in [0.25, 0.3) is 0 Å². The minimum Gasteiger partial charge on any atom is -0.363 e. The van der Waals surface area contributed by atoms with Crippen molar-refractivity contribution in [3.63, 3.8) is 0 Å². The van der Waals surface area contributed by atoms with Gasteiger partial charge < -0.3 is 15.1 Å². The van der Waals surface area contributed by atoms with Gasteiger partial charge in [0.2, 0.25) is 5.91 Å². The number of carbonyl (C=O) groups excluding carboxylic acids is 1. The van der Waals surface area contributed by atoms with Crippen molar-refractivity contribution in [3.8, 4) is 0 Å². The van der Waals surface area contributed by atoms with Gasteiger partial charge in [-0.05, 0) is 31.5 Å². The molecule has 0 aromatic heterocycles. The van der Waals surface area contributed by atoms with Crippen molar-refractivity contribution in [2.24, 2.45) is 5.92 Å². The van der Waals surface area contributed by atoms with Crippen molar-refractivity contribution in [1.29, 1.82) is 0 Å². The molecule has 2 fully saturated rings. The van der Waals surface area contributed by atoms with E-state index in [-0.39, 0.29) is 17.6 Å². The zero-order valence-corrected chi connectivity index (χ0v) is 15.8. The number of thiocarbonyl (C=S) groups is 1. The zero-order valence-electron chi connectivity index (χ0n) is 15.0. The summed E-state index contributed by atoms with van der Waals surface area (Å²) in [5, 5.41) is 7.75. The molecule has 2 atom stereocenters. The zero-order chi connectivity index (χ0) is 17.0. The molecule has 2 heterocycles. The highest BCUT2D eigenvalue weighted by molar-refractivity contribution is 7.80. The Morgan fingerprint density at radius 2 is 2.09 bits per heavy atom. The number of nitrogens with one attached hydrogen (secondary N) is 2. The van der Waals surface area contributed by atoms with Crippen molar-refractivity contribution in [2.45, 2.75) is 65.1 Å². The SMILES string of the molecule is CCCNC(=S)N1CCC2(CC1)NC(C)C(=O)N2CC(C)CC. The van der Waals surface area contributed by atoms with Crippen LogP contribution >= 0.6 is 12.2 Å². The van der Waals surface area contributed by atoms with E-state index in [2.05, 4.69) is 41.2 Å². The third-order valence-corrected chi connectivity index (χ3v) is 5.64. The van der Waals surface area contributed by atoms with E-state index >= 15 is 0 Å². The van der Waals surface area contributed by atoms with Gasteiger partial charge in [0.25, 0.3) is 0 Å². The highest BCUT2D eigenvalue weighted by atomic mass is 32.1. The van der Waals surface area contributed by atoms with Crippen LogP contribution in [0.3, 0.4) is 0 Å². The van der Waals surface area contributed by atoms with Gasteiger partial charge in [-0.15, -0.1) is 0 Å². The molecule has 0 saturated carbocycles. The van der Waals surface area contributed by atoms with E-state index in [1.807, 2.05) is 6.92 Å². The Balaban J connectivity index is 2.01. The van der Waals surface area contributed by atoms with Crippen LogP contribution in [-0.2, 0) is 4.79 Å². The Morgan fingerprint density at radius 1 is 1.43 bits per heavy atom. The molecule has 2 rings (SSSR count). The van der Waals surface area contributed by atoms with Gasteiger partial charge in [0.15, 0.2) is 5.11 Å². The van der Waals surface area contributed by atoms with Crippen LogP contribution in [0.2, 0.25) is 0 Å². The maximum absolute atomic E-state index is 12.6. The molecule has 2 N–H and O–H groups in total. The van der Waals surface area contributed by atoms with Crippen LogP contribution in [0, 0.1) is 5.92 Å². The van der Waals surface area contributed by atoms with Crippen LogP contribution in [-0.4, -0.2) is 58.7 Å². The maximum Gasteiger partial charge on any atom is 0.240 e. The van der Waals surface area contributed by atoms with E-state index < -0.39 is 0 Å². The first kappa shape index (κ1) is 18.5. The molecular weight excluding hydrogens is 308 g/mol. The van der Waals surface area contributed by atoms with E-state index in [0.29, 0.717) is 5.92 Å². The lowest BCUT2D eigenvalue weighted by atomic mass is 9.94. The molecule has 2 aliphatic heterocycles. The van der Waals surface area contributed by atoms with Gasteiger partial charge in [-0.25, -0.2) is 0 Å². The van der Waals surface area contributed by atoms with Crippen LogP contribution in [0.5, 0.6) is 0 Å². The number of hydrogen-bond donors (Lipinski definition) is 2. The molecular formula is C17H32N4OS. The van der Waals surface area contributed by atoms with Crippen LogP contribution < -0.4 is 10.6 Å². The fourth-order valence-electron chi connectivity index (χ4n) is 3.53. The first-order valence-corrected chi connectivity index (χ1v) is 9.46. The van der Waals surface area contributed by atoms with Crippen molar-refractivity contribution in [3.05, 3.63) is 0 Å². The van der Waals surface area contributed by atoms with Gasteiger partial charge in [0.05, 0.1) is 11.7 Å². The molecule has 2 aliphatic rings. The van der Waals surface area contributed by atoms with E-state index in [9.17, 15) is 4.79 Å². The van der Waals surface area contributed by atoms with Crippen molar-refractivity contribution >= 4 is 23.2 Å².